The molecule has 24 heavy (non-hydrogen) atoms. The summed E-state index contributed by atoms with van der Waals surface area (Å²) in [5.41, 5.74) is 7.28. The summed E-state index contributed by atoms with van der Waals surface area (Å²) in [6.45, 7) is 13.1. The second-order valence-electron chi connectivity index (χ2n) is 7.39. The maximum atomic E-state index is 6.13. The van der Waals surface area contributed by atoms with Crippen LogP contribution in [0.5, 0.6) is 5.75 Å². The molecule has 0 amide bonds. The highest BCUT2D eigenvalue weighted by molar-refractivity contribution is 5.78. The van der Waals surface area contributed by atoms with E-state index in [1.165, 1.54) is 5.56 Å². The fourth-order valence-corrected chi connectivity index (χ4v) is 2.53. The van der Waals surface area contributed by atoms with E-state index in [0.29, 0.717) is 18.4 Å². The SMILES string of the molecule is CC(C)COc1ccc(C(C)(C)CN=C(N)N2CCOCC2)cc1. The van der Waals surface area contributed by atoms with Gasteiger partial charge < -0.3 is 20.1 Å². The standard InChI is InChI=1S/C19H31N3O2/c1-15(2)13-24-17-7-5-16(6-8-17)19(3,4)14-21-18(20)22-9-11-23-12-10-22/h5-8,15H,9-14H2,1-4H3,(H2,20,21). The second kappa shape index (κ2) is 8.38. The van der Waals surface area contributed by atoms with Crippen LogP contribution < -0.4 is 10.5 Å². The lowest BCUT2D eigenvalue weighted by atomic mass is 9.85. The van der Waals surface area contributed by atoms with Crippen LogP contribution in [0.1, 0.15) is 33.3 Å². The van der Waals surface area contributed by atoms with Gasteiger partial charge in [-0.25, -0.2) is 0 Å². The third kappa shape index (κ3) is 5.41. The minimum absolute atomic E-state index is 0.0759. The molecule has 1 fully saturated rings. The lowest BCUT2D eigenvalue weighted by Crippen LogP contribution is -2.45. The number of ether oxygens (including phenoxy) is 2. The van der Waals surface area contributed by atoms with Crippen molar-refractivity contribution in [1.82, 2.24) is 4.90 Å². The van der Waals surface area contributed by atoms with Crippen molar-refractivity contribution >= 4 is 5.96 Å². The Morgan fingerprint density at radius 2 is 1.88 bits per heavy atom. The number of hydrogen-bond acceptors (Lipinski definition) is 3. The normalized spacial score (nSPS) is 16.5. The molecule has 1 aromatic rings. The summed E-state index contributed by atoms with van der Waals surface area (Å²) in [5.74, 6) is 2.06. The van der Waals surface area contributed by atoms with Crippen LogP contribution in [0.15, 0.2) is 29.3 Å². The van der Waals surface area contributed by atoms with Crippen molar-refractivity contribution in [2.75, 3.05) is 39.5 Å². The van der Waals surface area contributed by atoms with Gasteiger partial charge in [-0.3, -0.25) is 4.99 Å². The van der Waals surface area contributed by atoms with Crippen molar-refractivity contribution in [3.05, 3.63) is 29.8 Å². The van der Waals surface area contributed by atoms with Gasteiger partial charge in [0.15, 0.2) is 5.96 Å². The fraction of sp³-hybridized carbons (Fsp3) is 0.632. The van der Waals surface area contributed by atoms with Gasteiger partial charge in [-0.15, -0.1) is 0 Å². The van der Waals surface area contributed by atoms with E-state index in [1.807, 2.05) is 12.1 Å². The van der Waals surface area contributed by atoms with Crippen LogP contribution in [0.2, 0.25) is 0 Å². The van der Waals surface area contributed by atoms with E-state index in [-0.39, 0.29) is 5.41 Å². The molecule has 0 aromatic heterocycles. The lowest BCUT2D eigenvalue weighted by Gasteiger charge is -2.29. The minimum atomic E-state index is -0.0759. The zero-order chi connectivity index (χ0) is 17.6. The first-order valence-electron chi connectivity index (χ1n) is 8.74. The van der Waals surface area contributed by atoms with E-state index in [9.17, 15) is 0 Å². The highest BCUT2D eigenvalue weighted by atomic mass is 16.5. The molecular weight excluding hydrogens is 302 g/mol. The van der Waals surface area contributed by atoms with Crippen molar-refractivity contribution in [2.45, 2.75) is 33.1 Å². The van der Waals surface area contributed by atoms with E-state index in [1.54, 1.807) is 0 Å². The van der Waals surface area contributed by atoms with Crippen molar-refractivity contribution in [3.63, 3.8) is 0 Å². The molecule has 0 spiro atoms. The molecule has 0 unspecified atom stereocenters. The molecule has 0 atom stereocenters. The molecule has 5 heteroatoms. The molecule has 2 rings (SSSR count). The summed E-state index contributed by atoms with van der Waals surface area (Å²) < 4.78 is 11.1. The number of aliphatic imine (C=N–C) groups is 1. The maximum Gasteiger partial charge on any atom is 0.191 e. The Bertz CT molecular complexity index is 532. The number of hydrogen-bond donors (Lipinski definition) is 1. The number of nitrogens with zero attached hydrogens (tertiary/aromatic N) is 2. The summed E-state index contributed by atoms with van der Waals surface area (Å²) in [6, 6.07) is 8.31. The Balaban J connectivity index is 1.95. The van der Waals surface area contributed by atoms with E-state index >= 15 is 0 Å². The predicted octanol–water partition coefficient (Wildman–Crippen LogP) is 2.65. The van der Waals surface area contributed by atoms with Crippen LogP contribution in [-0.2, 0) is 10.2 Å². The Kier molecular flexibility index (Phi) is 6.49. The van der Waals surface area contributed by atoms with Crippen molar-refractivity contribution in [3.8, 4) is 5.75 Å². The third-order valence-corrected chi connectivity index (χ3v) is 4.19. The van der Waals surface area contributed by atoms with Crippen LogP contribution in [0.3, 0.4) is 0 Å². The first-order chi connectivity index (χ1) is 11.4. The van der Waals surface area contributed by atoms with Gasteiger partial charge in [-0.2, -0.15) is 0 Å². The average Bonchev–Trinajstić information content (AvgIpc) is 2.59. The summed E-state index contributed by atoms with van der Waals surface area (Å²) in [4.78, 5) is 6.70. The van der Waals surface area contributed by atoms with Crippen LogP contribution in [0.25, 0.3) is 0 Å². The van der Waals surface area contributed by atoms with Gasteiger partial charge in [0, 0.05) is 18.5 Å². The number of morpholine rings is 1. The van der Waals surface area contributed by atoms with Crippen LogP contribution in [-0.4, -0.2) is 50.3 Å². The fourth-order valence-electron chi connectivity index (χ4n) is 2.53. The summed E-state index contributed by atoms with van der Waals surface area (Å²) in [5, 5.41) is 0. The average molecular weight is 333 g/mol. The smallest absolute Gasteiger partial charge is 0.191 e. The monoisotopic (exact) mass is 333 g/mol. The maximum absolute atomic E-state index is 6.13. The molecule has 134 valence electrons. The van der Waals surface area contributed by atoms with Crippen LogP contribution in [0, 0.1) is 5.92 Å². The van der Waals surface area contributed by atoms with E-state index in [0.717, 1.165) is 38.7 Å². The van der Waals surface area contributed by atoms with E-state index in [4.69, 9.17) is 15.2 Å². The number of benzene rings is 1. The van der Waals surface area contributed by atoms with Crippen molar-refractivity contribution in [2.24, 2.45) is 16.6 Å². The molecule has 1 aromatic carbocycles. The molecule has 1 saturated heterocycles. The largest absolute Gasteiger partial charge is 0.493 e. The molecule has 0 bridgehead atoms. The lowest BCUT2D eigenvalue weighted by molar-refractivity contribution is 0.0674. The molecule has 0 saturated carbocycles. The highest BCUT2D eigenvalue weighted by Gasteiger charge is 2.21. The first-order valence-corrected chi connectivity index (χ1v) is 8.74. The van der Waals surface area contributed by atoms with Crippen LogP contribution in [0.4, 0.5) is 0 Å². The summed E-state index contributed by atoms with van der Waals surface area (Å²) in [6.07, 6.45) is 0. The van der Waals surface area contributed by atoms with Gasteiger partial charge in [0.1, 0.15) is 5.75 Å². The second-order valence-corrected chi connectivity index (χ2v) is 7.39. The Hall–Kier alpha value is -1.75. The molecule has 1 aliphatic rings. The molecular formula is C19H31N3O2. The van der Waals surface area contributed by atoms with Crippen LogP contribution >= 0.6 is 0 Å². The molecule has 5 nitrogen and oxygen atoms in total. The Morgan fingerprint density at radius 3 is 2.46 bits per heavy atom. The topological polar surface area (TPSA) is 60.1 Å². The Morgan fingerprint density at radius 1 is 1.25 bits per heavy atom. The van der Waals surface area contributed by atoms with Gasteiger partial charge in [-0.1, -0.05) is 39.8 Å². The molecule has 1 heterocycles. The summed E-state index contributed by atoms with van der Waals surface area (Å²) >= 11 is 0. The molecule has 2 N–H and O–H groups in total. The number of nitrogens with two attached hydrogens (primary N) is 1. The first kappa shape index (κ1) is 18.6. The predicted molar refractivity (Wildman–Crippen MR) is 98.7 cm³/mol. The molecule has 0 radical (unpaired) electrons. The van der Waals surface area contributed by atoms with E-state index < -0.39 is 0 Å². The zero-order valence-electron chi connectivity index (χ0n) is 15.4. The molecule has 1 aliphatic heterocycles. The minimum Gasteiger partial charge on any atom is -0.493 e. The van der Waals surface area contributed by atoms with Gasteiger partial charge in [0.2, 0.25) is 0 Å². The zero-order valence-corrected chi connectivity index (χ0v) is 15.4. The summed E-state index contributed by atoms with van der Waals surface area (Å²) in [7, 11) is 0. The quantitative estimate of drug-likeness (QED) is 0.642. The van der Waals surface area contributed by atoms with E-state index in [2.05, 4.69) is 49.7 Å². The number of rotatable bonds is 6. The Labute approximate surface area is 145 Å². The van der Waals surface area contributed by atoms with Gasteiger partial charge in [0.25, 0.3) is 0 Å². The highest BCUT2D eigenvalue weighted by Crippen LogP contribution is 2.26. The van der Waals surface area contributed by atoms with Crippen molar-refractivity contribution in [1.29, 1.82) is 0 Å². The van der Waals surface area contributed by atoms with Crippen molar-refractivity contribution < 1.29 is 9.47 Å². The van der Waals surface area contributed by atoms with Gasteiger partial charge in [0.05, 0.1) is 26.4 Å². The molecule has 0 aliphatic carbocycles. The van der Waals surface area contributed by atoms with Gasteiger partial charge in [-0.05, 0) is 23.6 Å². The van der Waals surface area contributed by atoms with Gasteiger partial charge >= 0.3 is 0 Å². The number of guanidine groups is 1. The third-order valence-electron chi connectivity index (χ3n) is 4.19.